The van der Waals surface area contributed by atoms with Gasteiger partial charge in [0.25, 0.3) is 5.69 Å². The molecule has 1 amide bonds. The lowest BCUT2D eigenvalue weighted by Crippen LogP contribution is -2.33. The Labute approximate surface area is 134 Å². The summed E-state index contributed by atoms with van der Waals surface area (Å²) in [5.74, 6) is 0. The van der Waals surface area contributed by atoms with Gasteiger partial charge in [0.2, 0.25) is 0 Å². The van der Waals surface area contributed by atoms with Crippen LogP contribution in [0.4, 0.5) is 21.9 Å². The number of amides is 1. The number of nitro benzene ring substituents is 1. The van der Waals surface area contributed by atoms with Crippen molar-refractivity contribution >= 4 is 23.2 Å². The minimum absolute atomic E-state index is 0.0717. The van der Waals surface area contributed by atoms with Crippen LogP contribution in [0.15, 0.2) is 18.2 Å². The van der Waals surface area contributed by atoms with E-state index in [1.807, 2.05) is 0 Å². The van der Waals surface area contributed by atoms with E-state index in [9.17, 15) is 14.9 Å². The zero-order valence-electron chi connectivity index (χ0n) is 13.2. The number of rotatable bonds is 6. The summed E-state index contributed by atoms with van der Waals surface area (Å²) >= 11 is 0. The van der Waals surface area contributed by atoms with E-state index in [1.54, 1.807) is 12.1 Å². The molecule has 2 rings (SSSR count). The standard InChI is InChI=1S/C15H22N4O4/c1-23-15(20)17-12-5-6-13(14(11-12)19(21)22)16-7-10-18-8-3-2-4-9-18/h5-6,11,16H,2-4,7-10H2,1H3,(H,17,20). The Bertz CT molecular complexity index is 558. The third-order valence-electron chi connectivity index (χ3n) is 3.82. The molecule has 126 valence electrons. The van der Waals surface area contributed by atoms with Gasteiger partial charge in [-0.2, -0.15) is 0 Å². The van der Waals surface area contributed by atoms with Crippen LogP contribution in [0, 0.1) is 10.1 Å². The van der Waals surface area contributed by atoms with Crippen LogP contribution in [0.25, 0.3) is 0 Å². The van der Waals surface area contributed by atoms with Crippen molar-refractivity contribution in [3.63, 3.8) is 0 Å². The number of likely N-dealkylation sites (tertiary alicyclic amines) is 1. The molecular weight excluding hydrogens is 300 g/mol. The van der Waals surface area contributed by atoms with Crippen LogP contribution in [-0.4, -0.2) is 49.2 Å². The molecule has 1 heterocycles. The second-order valence-corrected chi connectivity index (χ2v) is 5.43. The first-order chi connectivity index (χ1) is 11.1. The van der Waals surface area contributed by atoms with E-state index >= 15 is 0 Å². The molecule has 1 aliphatic heterocycles. The molecule has 0 bridgehead atoms. The number of benzene rings is 1. The quantitative estimate of drug-likeness (QED) is 0.617. The number of piperidine rings is 1. The summed E-state index contributed by atoms with van der Waals surface area (Å²) in [6.45, 7) is 3.68. The number of hydrogen-bond donors (Lipinski definition) is 2. The van der Waals surface area contributed by atoms with Crippen LogP contribution in [0.1, 0.15) is 19.3 Å². The smallest absolute Gasteiger partial charge is 0.411 e. The second kappa shape index (κ2) is 8.33. The van der Waals surface area contributed by atoms with Crippen molar-refractivity contribution in [3.8, 4) is 0 Å². The lowest BCUT2D eigenvalue weighted by molar-refractivity contribution is -0.383. The van der Waals surface area contributed by atoms with Crippen molar-refractivity contribution in [1.29, 1.82) is 0 Å². The van der Waals surface area contributed by atoms with Gasteiger partial charge in [0.1, 0.15) is 5.69 Å². The van der Waals surface area contributed by atoms with Gasteiger partial charge < -0.3 is 15.0 Å². The van der Waals surface area contributed by atoms with E-state index in [1.165, 1.54) is 32.4 Å². The summed E-state index contributed by atoms with van der Waals surface area (Å²) in [6, 6.07) is 4.52. The molecular formula is C15H22N4O4. The monoisotopic (exact) mass is 322 g/mol. The minimum atomic E-state index is -0.662. The molecule has 8 heteroatoms. The molecule has 23 heavy (non-hydrogen) atoms. The number of nitro groups is 1. The fraction of sp³-hybridized carbons (Fsp3) is 0.533. The number of nitrogens with zero attached hydrogens (tertiary/aromatic N) is 2. The van der Waals surface area contributed by atoms with Crippen LogP contribution in [0.2, 0.25) is 0 Å². The largest absolute Gasteiger partial charge is 0.453 e. The molecule has 2 N–H and O–H groups in total. The van der Waals surface area contributed by atoms with Gasteiger partial charge in [0, 0.05) is 19.2 Å². The molecule has 1 aromatic rings. The molecule has 0 aromatic heterocycles. The Balaban J connectivity index is 1.96. The van der Waals surface area contributed by atoms with Crippen molar-refractivity contribution in [2.75, 3.05) is 43.9 Å². The number of methoxy groups -OCH3 is 1. The molecule has 1 aliphatic rings. The number of hydrogen-bond acceptors (Lipinski definition) is 6. The average Bonchev–Trinajstić information content (AvgIpc) is 2.56. The summed E-state index contributed by atoms with van der Waals surface area (Å²) in [7, 11) is 1.24. The first kappa shape index (κ1) is 17.0. The van der Waals surface area contributed by atoms with Crippen LogP contribution in [-0.2, 0) is 4.74 Å². The fourth-order valence-electron chi connectivity index (χ4n) is 2.61. The van der Waals surface area contributed by atoms with Crippen molar-refractivity contribution in [3.05, 3.63) is 28.3 Å². The lowest BCUT2D eigenvalue weighted by atomic mass is 10.1. The van der Waals surface area contributed by atoms with E-state index in [0.717, 1.165) is 19.6 Å². The predicted molar refractivity (Wildman–Crippen MR) is 87.9 cm³/mol. The average molecular weight is 322 g/mol. The van der Waals surface area contributed by atoms with E-state index in [2.05, 4.69) is 20.3 Å². The molecule has 1 fully saturated rings. The molecule has 1 aromatic carbocycles. The molecule has 0 aliphatic carbocycles. The van der Waals surface area contributed by atoms with Gasteiger partial charge in [-0.05, 0) is 38.1 Å². The Morgan fingerprint density at radius 3 is 2.74 bits per heavy atom. The summed E-state index contributed by atoms with van der Waals surface area (Å²) in [4.78, 5) is 24.3. The van der Waals surface area contributed by atoms with Crippen LogP contribution >= 0.6 is 0 Å². The van der Waals surface area contributed by atoms with Crippen LogP contribution in [0.3, 0.4) is 0 Å². The van der Waals surface area contributed by atoms with Crippen molar-refractivity contribution < 1.29 is 14.5 Å². The van der Waals surface area contributed by atoms with E-state index in [0.29, 0.717) is 17.9 Å². The highest BCUT2D eigenvalue weighted by Crippen LogP contribution is 2.27. The fourth-order valence-corrected chi connectivity index (χ4v) is 2.61. The number of carbonyl (C=O) groups excluding carboxylic acids is 1. The topological polar surface area (TPSA) is 96.7 Å². The highest BCUT2D eigenvalue weighted by Gasteiger charge is 2.16. The third-order valence-corrected chi connectivity index (χ3v) is 3.82. The zero-order chi connectivity index (χ0) is 16.7. The highest BCUT2D eigenvalue weighted by atomic mass is 16.6. The van der Waals surface area contributed by atoms with E-state index in [4.69, 9.17) is 0 Å². The Kier molecular flexibility index (Phi) is 6.16. The SMILES string of the molecule is COC(=O)Nc1ccc(NCCN2CCCCC2)c([N+](=O)[O-])c1. The first-order valence-electron chi connectivity index (χ1n) is 7.70. The number of carbonyl (C=O) groups is 1. The van der Waals surface area contributed by atoms with Gasteiger partial charge in [-0.15, -0.1) is 0 Å². The van der Waals surface area contributed by atoms with Gasteiger partial charge in [-0.25, -0.2) is 4.79 Å². The van der Waals surface area contributed by atoms with Gasteiger partial charge in [-0.1, -0.05) is 6.42 Å². The van der Waals surface area contributed by atoms with Crippen molar-refractivity contribution in [1.82, 2.24) is 4.90 Å². The van der Waals surface area contributed by atoms with Gasteiger partial charge in [0.05, 0.1) is 17.7 Å². The second-order valence-electron chi connectivity index (χ2n) is 5.43. The Hall–Kier alpha value is -2.35. The normalized spacial score (nSPS) is 15.0. The maximum Gasteiger partial charge on any atom is 0.411 e. The minimum Gasteiger partial charge on any atom is -0.453 e. The molecule has 0 unspecified atom stereocenters. The summed E-state index contributed by atoms with van der Waals surface area (Å²) < 4.78 is 4.48. The number of anilines is 2. The van der Waals surface area contributed by atoms with Crippen LogP contribution < -0.4 is 10.6 Å². The van der Waals surface area contributed by atoms with Gasteiger partial charge in [0.15, 0.2) is 0 Å². The first-order valence-corrected chi connectivity index (χ1v) is 7.70. The van der Waals surface area contributed by atoms with E-state index in [-0.39, 0.29) is 5.69 Å². The Morgan fingerprint density at radius 1 is 1.35 bits per heavy atom. The molecule has 0 atom stereocenters. The summed E-state index contributed by atoms with van der Waals surface area (Å²) in [5, 5.41) is 16.7. The summed E-state index contributed by atoms with van der Waals surface area (Å²) in [5.41, 5.74) is 0.699. The Morgan fingerprint density at radius 2 is 2.09 bits per heavy atom. The third kappa shape index (κ3) is 5.10. The lowest BCUT2D eigenvalue weighted by Gasteiger charge is -2.26. The van der Waals surface area contributed by atoms with Crippen LogP contribution in [0.5, 0.6) is 0 Å². The number of ether oxygens (including phenoxy) is 1. The molecule has 8 nitrogen and oxygen atoms in total. The number of nitrogens with one attached hydrogen (secondary N) is 2. The van der Waals surface area contributed by atoms with Gasteiger partial charge >= 0.3 is 6.09 Å². The molecule has 0 radical (unpaired) electrons. The highest BCUT2D eigenvalue weighted by molar-refractivity contribution is 5.86. The molecule has 0 spiro atoms. The van der Waals surface area contributed by atoms with Crippen molar-refractivity contribution in [2.24, 2.45) is 0 Å². The molecule has 1 saturated heterocycles. The maximum absolute atomic E-state index is 11.2. The molecule has 0 saturated carbocycles. The van der Waals surface area contributed by atoms with Crippen molar-refractivity contribution in [2.45, 2.75) is 19.3 Å². The summed E-state index contributed by atoms with van der Waals surface area (Å²) in [6.07, 6.45) is 3.05. The predicted octanol–water partition coefficient (Wildman–Crippen LogP) is 2.67. The maximum atomic E-state index is 11.2. The zero-order valence-corrected chi connectivity index (χ0v) is 13.2. The van der Waals surface area contributed by atoms with Gasteiger partial charge in [-0.3, -0.25) is 15.4 Å². The van der Waals surface area contributed by atoms with E-state index < -0.39 is 11.0 Å².